The van der Waals surface area contributed by atoms with E-state index in [0.717, 1.165) is 19.3 Å². The fraction of sp³-hybridized carbons (Fsp3) is 0.889. The number of amides is 2. The number of nitrogens with one attached hydrogen (secondary N) is 2. The lowest BCUT2D eigenvalue weighted by Crippen LogP contribution is -2.58. The normalized spacial score (nSPS) is 36.6. The van der Waals surface area contributed by atoms with Crippen molar-refractivity contribution in [2.75, 3.05) is 0 Å². The van der Waals surface area contributed by atoms with Crippen molar-refractivity contribution in [3.63, 3.8) is 0 Å². The van der Waals surface area contributed by atoms with Gasteiger partial charge in [0.25, 0.3) is 0 Å². The Kier molecular flexibility index (Phi) is 4.47. The van der Waals surface area contributed by atoms with Gasteiger partial charge < -0.3 is 10.6 Å². The van der Waals surface area contributed by atoms with Crippen LogP contribution in [-0.4, -0.2) is 23.9 Å². The Morgan fingerprint density at radius 2 is 1.23 bits per heavy atom. The van der Waals surface area contributed by atoms with Gasteiger partial charge in [-0.1, -0.05) is 33.1 Å². The van der Waals surface area contributed by atoms with Crippen molar-refractivity contribution in [2.45, 2.75) is 83.7 Å². The van der Waals surface area contributed by atoms with Crippen molar-refractivity contribution in [3.8, 4) is 0 Å². The molecular weight excluding hydrogens is 276 g/mol. The van der Waals surface area contributed by atoms with Gasteiger partial charge in [0.15, 0.2) is 0 Å². The minimum atomic E-state index is -0.773. The maximum absolute atomic E-state index is 12.8. The molecule has 124 valence electrons. The maximum Gasteiger partial charge on any atom is 0.235 e. The van der Waals surface area contributed by atoms with E-state index in [4.69, 9.17) is 0 Å². The highest BCUT2D eigenvalue weighted by atomic mass is 16.2. The van der Waals surface area contributed by atoms with Gasteiger partial charge in [-0.2, -0.15) is 0 Å². The van der Waals surface area contributed by atoms with Crippen molar-refractivity contribution < 1.29 is 9.59 Å². The SMILES string of the molecule is C[C@@H]1CCC[C@@H]1NC(=O)C1(C(=O)N[C@@H]2CCC[C@H]2C)CCC1. The molecule has 3 aliphatic carbocycles. The van der Waals surface area contributed by atoms with E-state index < -0.39 is 5.41 Å². The fourth-order valence-electron chi connectivity index (χ4n) is 4.42. The van der Waals surface area contributed by atoms with Crippen LogP contribution in [0.2, 0.25) is 0 Å². The quantitative estimate of drug-likeness (QED) is 0.785. The second-order valence-corrected chi connectivity index (χ2v) is 7.91. The van der Waals surface area contributed by atoms with E-state index in [9.17, 15) is 9.59 Å². The molecule has 3 saturated carbocycles. The molecule has 3 rings (SSSR count). The Labute approximate surface area is 133 Å². The van der Waals surface area contributed by atoms with Gasteiger partial charge in [-0.05, 0) is 50.4 Å². The average Bonchev–Trinajstić information content (AvgIpc) is 2.99. The topological polar surface area (TPSA) is 58.2 Å². The third-order valence-corrected chi connectivity index (χ3v) is 6.43. The van der Waals surface area contributed by atoms with Crippen LogP contribution in [0.15, 0.2) is 0 Å². The van der Waals surface area contributed by atoms with Crippen LogP contribution in [0.25, 0.3) is 0 Å². The van der Waals surface area contributed by atoms with Gasteiger partial charge in [-0.3, -0.25) is 9.59 Å². The molecule has 0 aliphatic heterocycles. The zero-order valence-electron chi connectivity index (χ0n) is 14.0. The summed E-state index contributed by atoms with van der Waals surface area (Å²) in [5.74, 6) is 1.05. The summed E-state index contributed by atoms with van der Waals surface area (Å²) in [7, 11) is 0. The van der Waals surface area contributed by atoms with Crippen LogP contribution in [0.4, 0.5) is 0 Å². The molecule has 4 nitrogen and oxygen atoms in total. The Bertz CT molecular complexity index is 408. The number of hydrogen-bond donors (Lipinski definition) is 2. The van der Waals surface area contributed by atoms with E-state index in [2.05, 4.69) is 24.5 Å². The van der Waals surface area contributed by atoms with Gasteiger partial charge >= 0.3 is 0 Å². The maximum atomic E-state index is 12.8. The van der Waals surface area contributed by atoms with Gasteiger partial charge in [0.2, 0.25) is 11.8 Å². The van der Waals surface area contributed by atoms with E-state index in [1.807, 2.05) is 0 Å². The summed E-state index contributed by atoms with van der Waals surface area (Å²) in [4.78, 5) is 25.5. The summed E-state index contributed by atoms with van der Waals surface area (Å²) in [6.07, 6.45) is 9.28. The van der Waals surface area contributed by atoms with Crippen molar-refractivity contribution in [3.05, 3.63) is 0 Å². The van der Waals surface area contributed by atoms with Crippen molar-refractivity contribution in [1.82, 2.24) is 10.6 Å². The fourth-order valence-corrected chi connectivity index (χ4v) is 4.42. The van der Waals surface area contributed by atoms with Crippen LogP contribution in [0, 0.1) is 17.3 Å². The molecule has 0 bridgehead atoms. The molecule has 4 atom stereocenters. The first kappa shape index (κ1) is 15.8. The summed E-state index contributed by atoms with van der Waals surface area (Å²) < 4.78 is 0. The molecule has 0 aromatic rings. The van der Waals surface area contributed by atoms with Gasteiger partial charge in [-0.25, -0.2) is 0 Å². The molecule has 2 N–H and O–H groups in total. The molecule has 22 heavy (non-hydrogen) atoms. The number of carbonyl (C=O) groups excluding carboxylic acids is 2. The minimum absolute atomic E-state index is 0.0133. The van der Waals surface area contributed by atoms with Gasteiger partial charge in [0, 0.05) is 12.1 Å². The highest BCUT2D eigenvalue weighted by Crippen LogP contribution is 2.42. The van der Waals surface area contributed by atoms with Crippen LogP contribution in [-0.2, 0) is 9.59 Å². The smallest absolute Gasteiger partial charge is 0.235 e. The summed E-state index contributed by atoms with van der Waals surface area (Å²) in [6, 6.07) is 0.534. The zero-order valence-corrected chi connectivity index (χ0v) is 14.0. The second-order valence-electron chi connectivity index (χ2n) is 7.91. The van der Waals surface area contributed by atoms with Crippen molar-refractivity contribution in [1.29, 1.82) is 0 Å². The zero-order chi connectivity index (χ0) is 15.7. The summed E-state index contributed by atoms with van der Waals surface area (Å²) in [5, 5.41) is 6.38. The minimum Gasteiger partial charge on any atom is -0.352 e. The Morgan fingerprint density at radius 3 is 1.50 bits per heavy atom. The van der Waals surface area contributed by atoms with E-state index in [1.54, 1.807) is 0 Å². The third-order valence-electron chi connectivity index (χ3n) is 6.43. The van der Waals surface area contributed by atoms with Gasteiger partial charge in [-0.15, -0.1) is 0 Å². The van der Waals surface area contributed by atoms with E-state index >= 15 is 0 Å². The molecule has 0 radical (unpaired) electrons. The van der Waals surface area contributed by atoms with Crippen LogP contribution >= 0.6 is 0 Å². The molecule has 0 aromatic heterocycles. The Balaban J connectivity index is 1.63. The van der Waals surface area contributed by atoms with Crippen LogP contribution < -0.4 is 10.6 Å². The van der Waals surface area contributed by atoms with Crippen LogP contribution in [0.5, 0.6) is 0 Å². The summed E-state index contributed by atoms with van der Waals surface area (Å²) >= 11 is 0. The molecule has 0 aromatic carbocycles. The van der Waals surface area contributed by atoms with Crippen LogP contribution in [0.3, 0.4) is 0 Å². The lowest BCUT2D eigenvalue weighted by Gasteiger charge is -2.40. The number of hydrogen-bond acceptors (Lipinski definition) is 2. The summed E-state index contributed by atoms with van der Waals surface area (Å²) in [5.41, 5.74) is -0.773. The van der Waals surface area contributed by atoms with E-state index in [1.165, 1.54) is 25.7 Å². The Hall–Kier alpha value is -1.06. The molecule has 3 fully saturated rings. The van der Waals surface area contributed by atoms with Gasteiger partial charge in [0.05, 0.1) is 0 Å². The highest BCUT2D eigenvalue weighted by molar-refractivity contribution is 6.06. The lowest BCUT2D eigenvalue weighted by molar-refractivity contribution is -0.150. The third kappa shape index (κ3) is 2.77. The molecule has 4 heteroatoms. The highest BCUT2D eigenvalue weighted by Gasteiger charge is 2.52. The van der Waals surface area contributed by atoms with E-state index in [-0.39, 0.29) is 23.9 Å². The standard InChI is InChI=1S/C18H30N2O2/c1-12-6-3-8-14(12)19-16(21)18(10-5-11-18)17(22)20-15-9-4-7-13(15)2/h12-15H,3-11H2,1-2H3,(H,19,21)(H,20,22)/t12-,13-,14-,15+/m1/s1. The first-order valence-corrected chi connectivity index (χ1v) is 9.15. The lowest BCUT2D eigenvalue weighted by atomic mass is 9.67. The first-order valence-electron chi connectivity index (χ1n) is 9.15. The number of carbonyl (C=O) groups is 2. The van der Waals surface area contributed by atoms with Crippen molar-refractivity contribution >= 4 is 11.8 Å². The monoisotopic (exact) mass is 306 g/mol. The summed E-state index contributed by atoms with van der Waals surface area (Å²) in [6.45, 7) is 4.40. The molecule has 0 spiro atoms. The second kappa shape index (κ2) is 6.21. The molecule has 0 unspecified atom stereocenters. The van der Waals surface area contributed by atoms with Crippen LogP contribution in [0.1, 0.15) is 71.6 Å². The van der Waals surface area contributed by atoms with Gasteiger partial charge in [0.1, 0.15) is 5.41 Å². The number of rotatable bonds is 4. The Morgan fingerprint density at radius 1 is 0.773 bits per heavy atom. The molecule has 0 saturated heterocycles. The molecule has 3 aliphatic rings. The largest absolute Gasteiger partial charge is 0.352 e. The first-order chi connectivity index (χ1) is 10.5. The van der Waals surface area contributed by atoms with Crippen molar-refractivity contribution in [2.24, 2.45) is 17.3 Å². The molecule has 2 amide bonds. The molecular formula is C18H30N2O2. The average molecular weight is 306 g/mol. The molecule has 0 heterocycles. The predicted octanol–water partition coefficient (Wildman–Crippen LogP) is 2.77. The predicted molar refractivity (Wildman–Crippen MR) is 86.2 cm³/mol. The van der Waals surface area contributed by atoms with E-state index in [0.29, 0.717) is 24.7 Å².